The fourth-order valence-corrected chi connectivity index (χ4v) is 2.21. The van der Waals surface area contributed by atoms with Crippen LogP contribution in [0.1, 0.15) is 23.1 Å². The minimum Gasteiger partial charge on any atom is -0.327 e. The molecular formula is C11H14ClN. The van der Waals surface area contributed by atoms with Gasteiger partial charge in [0, 0.05) is 11.1 Å². The van der Waals surface area contributed by atoms with Gasteiger partial charge < -0.3 is 5.73 Å². The number of halogens is 1. The van der Waals surface area contributed by atoms with Crippen LogP contribution in [0.15, 0.2) is 12.1 Å². The lowest BCUT2D eigenvalue weighted by Crippen LogP contribution is -2.28. The SMILES string of the molecule is Cc1c(Cl)ccc2c1CCC(N)C2. The third-order valence-corrected chi connectivity index (χ3v) is 3.29. The molecule has 70 valence electrons. The van der Waals surface area contributed by atoms with Crippen molar-refractivity contribution in [1.29, 1.82) is 0 Å². The molecule has 0 fully saturated rings. The van der Waals surface area contributed by atoms with Crippen LogP contribution in [0.3, 0.4) is 0 Å². The molecule has 0 aliphatic heterocycles. The number of hydrogen-bond acceptors (Lipinski definition) is 1. The maximum atomic E-state index is 6.05. The van der Waals surface area contributed by atoms with Crippen molar-refractivity contribution < 1.29 is 0 Å². The zero-order chi connectivity index (χ0) is 9.42. The van der Waals surface area contributed by atoms with Crippen LogP contribution in [0.2, 0.25) is 5.02 Å². The minimum absolute atomic E-state index is 0.341. The molecule has 0 aromatic heterocycles. The van der Waals surface area contributed by atoms with Crippen LogP contribution in [0.25, 0.3) is 0 Å². The van der Waals surface area contributed by atoms with Crippen molar-refractivity contribution in [2.45, 2.75) is 32.2 Å². The highest BCUT2D eigenvalue weighted by atomic mass is 35.5. The Bertz CT molecular complexity index is 333. The Balaban J connectivity index is 2.47. The van der Waals surface area contributed by atoms with E-state index in [-0.39, 0.29) is 0 Å². The Hall–Kier alpha value is -0.530. The molecule has 0 radical (unpaired) electrons. The fraction of sp³-hybridized carbons (Fsp3) is 0.455. The van der Waals surface area contributed by atoms with E-state index in [0.29, 0.717) is 6.04 Å². The van der Waals surface area contributed by atoms with Gasteiger partial charge in [-0.15, -0.1) is 0 Å². The smallest absolute Gasteiger partial charge is 0.0438 e. The van der Waals surface area contributed by atoms with Crippen LogP contribution in [0.4, 0.5) is 0 Å². The summed E-state index contributed by atoms with van der Waals surface area (Å²) in [4.78, 5) is 0. The Kier molecular flexibility index (Phi) is 2.31. The van der Waals surface area contributed by atoms with E-state index in [4.69, 9.17) is 17.3 Å². The molecular weight excluding hydrogens is 182 g/mol. The van der Waals surface area contributed by atoms with Gasteiger partial charge in [0.2, 0.25) is 0 Å². The van der Waals surface area contributed by atoms with Crippen LogP contribution in [0.5, 0.6) is 0 Å². The quantitative estimate of drug-likeness (QED) is 0.676. The average Bonchev–Trinajstić information content (AvgIpc) is 2.12. The van der Waals surface area contributed by atoms with E-state index >= 15 is 0 Å². The maximum absolute atomic E-state index is 6.05. The molecule has 2 heteroatoms. The highest BCUT2D eigenvalue weighted by Gasteiger charge is 2.17. The summed E-state index contributed by atoms with van der Waals surface area (Å²) >= 11 is 6.05. The predicted molar refractivity (Wildman–Crippen MR) is 56.2 cm³/mol. The van der Waals surface area contributed by atoms with Crippen LogP contribution in [0, 0.1) is 6.92 Å². The zero-order valence-electron chi connectivity index (χ0n) is 7.81. The molecule has 1 aromatic carbocycles. The van der Waals surface area contributed by atoms with Crippen molar-refractivity contribution in [3.63, 3.8) is 0 Å². The molecule has 0 saturated carbocycles. The third-order valence-electron chi connectivity index (χ3n) is 2.88. The molecule has 0 heterocycles. The summed E-state index contributed by atoms with van der Waals surface area (Å²) in [5.41, 5.74) is 9.96. The first kappa shape index (κ1) is 9.04. The summed E-state index contributed by atoms with van der Waals surface area (Å²) in [5.74, 6) is 0. The predicted octanol–water partition coefficient (Wildman–Crippen LogP) is 2.46. The first-order valence-electron chi connectivity index (χ1n) is 4.71. The van der Waals surface area contributed by atoms with Gasteiger partial charge in [0.15, 0.2) is 0 Å². The molecule has 0 spiro atoms. The lowest BCUT2D eigenvalue weighted by atomic mass is 9.86. The highest BCUT2D eigenvalue weighted by Crippen LogP contribution is 2.28. The van der Waals surface area contributed by atoms with Crippen molar-refractivity contribution in [2.24, 2.45) is 5.73 Å². The molecule has 2 N–H and O–H groups in total. The minimum atomic E-state index is 0.341. The van der Waals surface area contributed by atoms with Gasteiger partial charge in [0.25, 0.3) is 0 Å². The monoisotopic (exact) mass is 195 g/mol. The van der Waals surface area contributed by atoms with Crippen LogP contribution in [-0.2, 0) is 12.8 Å². The summed E-state index contributed by atoms with van der Waals surface area (Å²) in [6.45, 7) is 2.10. The van der Waals surface area contributed by atoms with E-state index in [1.54, 1.807) is 0 Å². The van der Waals surface area contributed by atoms with Crippen molar-refractivity contribution in [1.82, 2.24) is 0 Å². The van der Waals surface area contributed by atoms with Gasteiger partial charge >= 0.3 is 0 Å². The second-order valence-corrected chi connectivity index (χ2v) is 4.22. The number of nitrogens with two attached hydrogens (primary N) is 1. The van der Waals surface area contributed by atoms with E-state index in [1.165, 1.54) is 16.7 Å². The van der Waals surface area contributed by atoms with Crippen LogP contribution >= 0.6 is 11.6 Å². The highest BCUT2D eigenvalue weighted by molar-refractivity contribution is 6.31. The largest absolute Gasteiger partial charge is 0.327 e. The van der Waals surface area contributed by atoms with E-state index in [1.807, 2.05) is 6.07 Å². The van der Waals surface area contributed by atoms with E-state index in [9.17, 15) is 0 Å². The van der Waals surface area contributed by atoms with Crippen molar-refractivity contribution >= 4 is 11.6 Å². The van der Waals surface area contributed by atoms with E-state index < -0.39 is 0 Å². The molecule has 0 saturated heterocycles. The summed E-state index contributed by atoms with van der Waals surface area (Å²) in [7, 11) is 0. The van der Waals surface area contributed by atoms with Gasteiger partial charge in [-0.3, -0.25) is 0 Å². The lowest BCUT2D eigenvalue weighted by molar-refractivity contribution is 0.575. The molecule has 0 bridgehead atoms. The Morgan fingerprint density at radius 2 is 2.23 bits per heavy atom. The molecule has 1 unspecified atom stereocenters. The molecule has 13 heavy (non-hydrogen) atoms. The number of hydrogen-bond donors (Lipinski definition) is 1. The third kappa shape index (κ3) is 1.59. The molecule has 1 nitrogen and oxygen atoms in total. The second kappa shape index (κ2) is 3.32. The van der Waals surface area contributed by atoms with Gasteiger partial charge in [-0.1, -0.05) is 17.7 Å². The summed E-state index contributed by atoms with van der Waals surface area (Å²) in [6, 6.07) is 4.44. The van der Waals surface area contributed by atoms with Gasteiger partial charge in [-0.25, -0.2) is 0 Å². The molecule has 2 rings (SSSR count). The Morgan fingerprint density at radius 3 is 3.00 bits per heavy atom. The van der Waals surface area contributed by atoms with Crippen molar-refractivity contribution in [3.8, 4) is 0 Å². The number of fused-ring (bicyclic) bond motifs is 1. The second-order valence-electron chi connectivity index (χ2n) is 3.81. The van der Waals surface area contributed by atoms with Crippen LogP contribution in [-0.4, -0.2) is 6.04 Å². The summed E-state index contributed by atoms with van der Waals surface area (Å²) in [6.07, 6.45) is 3.18. The molecule has 1 aliphatic rings. The van der Waals surface area contributed by atoms with Gasteiger partial charge in [0.05, 0.1) is 0 Å². The average molecular weight is 196 g/mol. The van der Waals surface area contributed by atoms with Crippen LogP contribution < -0.4 is 5.73 Å². The fourth-order valence-electron chi connectivity index (χ4n) is 2.04. The summed E-state index contributed by atoms with van der Waals surface area (Å²) < 4.78 is 0. The molecule has 1 atom stereocenters. The van der Waals surface area contributed by atoms with E-state index in [2.05, 4.69) is 13.0 Å². The van der Waals surface area contributed by atoms with E-state index in [0.717, 1.165) is 24.3 Å². The van der Waals surface area contributed by atoms with Gasteiger partial charge in [0.1, 0.15) is 0 Å². The topological polar surface area (TPSA) is 26.0 Å². The number of benzene rings is 1. The molecule has 1 aliphatic carbocycles. The molecule has 1 aromatic rings. The Labute approximate surface area is 83.9 Å². The zero-order valence-corrected chi connectivity index (χ0v) is 8.56. The maximum Gasteiger partial charge on any atom is 0.0438 e. The lowest BCUT2D eigenvalue weighted by Gasteiger charge is -2.23. The first-order chi connectivity index (χ1) is 6.18. The standard InChI is InChI=1S/C11H14ClN/c1-7-10-4-3-9(13)6-8(10)2-5-11(7)12/h2,5,9H,3-4,6,13H2,1H3. The van der Waals surface area contributed by atoms with Gasteiger partial charge in [-0.2, -0.15) is 0 Å². The number of rotatable bonds is 0. The summed E-state index contributed by atoms with van der Waals surface area (Å²) in [5, 5.41) is 0.884. The first-order valence-corrected chi connectivity index (χ1v) is 5.08. The Morgan fingerprint density at radius 1 is 1.46 bits per heavy atom. The van der Waals surface area contributed by atoms with Crippen molar-refractivity contribution in [3.05, 3.63) is 33.8 Å². The van der Waals surface area contributed by atoms with Crippen molar-refractivity contribution in [2.75, 3.05) is 0 Å². The normalized spacial score (nSPS) is 21.3. The van der Waals surface area contributed by atoms with Gasteiger partial charge in [-0.05, 0) is 48.9 Å². The molecule has 0 amide bonds.